The molecule has 2 aliphatic heterocycles. The highest BCUT2D eigenvalue weighted by atomic mass is 16.2. The lowest BCUT2D eigenvalue weighted by Crippen LogP contribution is -2.49. The van der Waals surface area contributed by atoms with Crippen LogP contribution >= 0.6 is 0 Å². The van der Waals surface area contributed by atoms with E-state index in [0.29, 0.717) is 6.54 Å². The van der Waals surface area contributed by atoms with E-state index in [-0.39, 0.29) is 5.91 Å². The third kappa shape index (κ3) is 3.66. The first-order valence-corrected chi connectivity index (χ1v) is 9.43. The van der Waals surface area contributed by atoms with Crippen LogP contribution in [0.2, 0.25) is 0 Å². The Hall–Kier alpha value is -2.57. The summed E-state index contributed by atoms with van der Waals surface area (Å²) in [5, 5.41) is 0. The summed E-state index contributed by atoms with van der Waals surface area (Å²) in [6.07, 6.45) is 6.33. The largest absolute Gasteiger partial charge is 0.356 e. The van der Waals surface area contributed by atoms with Gasteiger partial charge in [-0.3, -0.25) is 4.79 Å². The van der Waals surface area contributed by atoms with Gasteiger partial charge in [0.15, 0.2) is 0 Å². The second-order valence-electron chi connectivity index (χ2n) is 7.05. The Morgan fingerprint density at radius 1 is 0.923 bits per heavy atom. The van der Waals surface area contributed by atoms with Gasteiger partial charge in [-0.2, -0.15) is 0 Å². The lowest BCUT2D eigenvalue weighted by atomic mass is 10.3. The van der Waals surface area contributed by atoms with Gasteiger partial charge in [-0.1, -0.05) is 0 Å². The Kier molecular flexibility index (Phi) is 4.77. The summed E-state index contributed by atoms with van der Waals surface area (Å²) in [6.45, 7) is 7.64. The summed E-state index contributed by atoms with van der Waals surface area (Å²) in [5.74, 6) is 3.01. The van der Waals surface area contributed by atoms with Crippen molar-refractivity contribution in [1.82, 2.24) is 19.4 Å². The predicted octanol–water partition coefficient (Wildman–Crippen LogP) is 1.54. The summed E-state index contributed by atoms with van der Waals surface area (Å²) in [4.78, 5) is 28.3. The number of hydrogen-bond donors (Lipinski definition) is 0. The van der Waals surface area contributed by atoms with Crippen molar-refractivity contribution < 1.29 is 4.79 Å². The molecular weight excluding hydrogens is 328 g/mol. The second-order valence-corrected chi connectivity index (χ2v) is 7.05. The van der Waals surface area contributed by atoms with Crippen LogP contribution in [0.15, 0.2) is 30.6 Å². The number of rotatable bonds is 4. The molecule has 2 aliphatic rings. The number of piperazine rings is 1. The maximum atomic E-state index is 12.4. The number of carbonyl (C=O) groups excluding carboxylic acids is 1. The summed E-state index contributed by atoms with van der Waals surface area (Å²) < 4.78 is 1.92. The van der Waals surface area contributed by atoms with Gasteiger partial charge in [-0.05, 0) is 31.9 Å². The molecule has 2 fully saturated rings. The van der Waals surface area contributed by atoms with Gasteiger partial charge in [0.2, 0.25) is 5.91 Å². The zero-order valence-electron chi connectivity index (χ0n) is 15.3. The fraction of sp³-hybridized carbons (Fsp3) is 0.526. The van der Waals surface area contributed by atoms with Gasteiger partial charge in [0.05, 0.1) is 0 Å². The lowest BCUT2D eigenvalue weighted by molar-refractivity contribution is -0.132. The van der Waals surface area contributed by atoms with Crippen molar-refractivity contribution >= 4 is 17.5 Å². The summed E-state index contributed by atoms with van der Waals surface area (Å²) in [7, 11) is 0. The van der Waals surface area contributed by atoms with Gasteiger partial charge in [0.25, 0.3) is 0 Å². The van der Waals surface area contributed by atoms with Crippen molar-refractivity contribution in [2.24, 2.45) is 0 Å². The van der Waals surface area contributed by atoms with Gasteiger partial charge in [-0.25, -0.2) is 9.97 Å². The maximum Gasteiger partial charge on any atom is 0.242 e. The monoisotopic (exact) mass is 354 g/mol. The zero-order chi connectivity index (χ0) is 17.9. The van der Waals surface area contributed by atoms with Crippen LogP contribution in [0.1, 0.15) is 18.7 Å². The molecule has 4 rings (SSSR count). The van der Waals surface area contributed by atoms with Crippen LogP contribution < -0.4 is 9.80 Å². The molecular formula is C19H26N6O. The number of anilines is 2. The third-order valence-corrected chi connectivity index (χ3v) is 5.18. The molecule has 1 amide bonds. The molecule has 7 nitrogen and oxygen atoms in total. The van der Waals surface area contributed by atoms with Gasteiger partial charge in [0, 0.05) is 57.7 Å². The molecule has 0 radical (unpaired) electrons. The average molecular weight is 354 g/mol. The molecule has 0 aliphatic carbocycles. The van der Waals surface area contributed by atoms with E-state index >= 15 is 0 Å². The van der Waals surface area contributed by atoms with Gasteiger partial charge < -0.3 is 19.3 Å². The molecule has 4 heterocycles. The molecule has 0 aromatic carbocycles. The molecule has 0 atom stereocenters. The molecule has 2 saturated heterocycles. The normalized spacial score (nSPS) is 17.8. The zero-order valence-corrected chi connectivity index (χ0v) is 15.3. The van der Waals surface area contributed by atoms with Gasteiger partial charge in [-0.15, -0.1) is 0 Å². The van der Waals surface area contributed by atoms with Crippen molar-refractivity contribution in [2.45, 2.75) is 26.3 Å². The highest BCUT2D eigenvalue weighted by molar-refractivity contribution is 5.76. The number of amides is 1. The van der Waals surface area contributed by atoms with Crippen molar-refractivity contribution in [3.8, 4) is 0 Å². The van der Waals surface area contributed by atoms with Crippen LogP contribution in [0, 0.1) is 6.92 Å². The molecule has 0 N–H and O–H groups in total. The van der Waals surface area contributed by atoms with E-state index in [4.69, 9.17) is 0 Å². The van der Waals surface area contributed by atoms with Gasteiger partial charge in [0.1, 0.15) is 24.0 Å². The Balaban J connectivity index is 1.39. The molecule has 2 aromatic rings. The Labute approximate surface area is 154 Å². The van der Waals surface area contributed by atoms with Crippen LogP contribution in [-0.4, -0.2) is 64.6 Å². The smallest absolute Gasteiger partial charge is 0.242 e. The number of hydrogen-bond acceptors (Lipinski definition) is 5. The molecule has 138 valence electrons. The topological polar surface area (TPSA) is 57.5 Å². The number of aryl methyl sites for hydroxylation is 1. The van der Waals surface area contributed by atoms with E-state index < -0.39 is 0 Å². The average Bonchev–Trinajstić information content (AvgIpc) is 3.35. The van der Waals surface area contributed by atoms with E-state index in [1.54, 1.807) is 0 Å². The molecule has 0 bridgehead atoms. The van der Waals surface area contributed by atoms with Crippen LogP contribution in [-0.2, 0) is 11.3 Å². The molecule has 0 saturated carbocycles. The Bertz CT molecular complexity index is 745. The van der Waals surface area contributed by atoms with Crippen LogP contribution in [0.4, 0.5) is 11.6 Å². The molecule has 0 unspecified atom stereocenters. The van der Waals surface area contributed by atoms with Gasteiger partial charge >= 0.3 is 0 Å². The van der Waals surface area contributed by atoms with E-state index in [9.17, 15) is 4.79 Å². The van der Waals surface area contributed by atoms with E-state index in [2.05, 4.69) is 25.8 Å². The fourth-order valence-corrected chi connectivity index (χ4v) is 3.72. The number of aromatic nitrogens is 3. The van der Waals surface area contributed by atoms with E-state index in [1.165, 1.54) is 12.8 Å². The van der Waals surface area contributed by atoms with Crippen molar-refractivity contribution in [2.75, 3.05) is 49.1 Å². The minimum absolute atomic E-state index is 0.178. The third-order valence-electron chi connectivity index (χ3n) is 5.18. The highest BCUT2D eigenvalue weighted by Gasteiger charge is 2.23. The van der Waals surface area contributed by atoms with Crippen molar-refractivity contribution in [3.05, 3.63) is 36.4 Å². The number of nitrogens with zero attached hydrogens (tertiary/aromatic N) is 6. The van der Waals surface area contributed by atoms with E-state index in [0.717, 1.165) is 56.7 Å². The quantitative estimate of drug-likeness (QED) is 0.834. The second kappa shape index (κ2) is 7.35. The first kappa shape index (κ1) is 16.9. The first-order chi connectivity index (χ1) is 12.7. The predicted molar refractivity (Wildman–Crippen MR) is 101 cm³/mol. The van der Waals surface area contributed by atoms with Crippen molar-refractivity contribution in [1.29, 1.82) is 0 Å². The Morgan fingerprint density at radius 3 is 2.12 bits per heavy atom. The number of carbonyl (C=O) groups is 1. The van der Waals surface area contributed by atoms with Crippen LogP contribution in [0.5, 0.6) is 0 Å². The molecule has 26 heavy (non-hydrogen) atoms. The van der Waals surface area contributed by atoms with Crippen LogP contribution in [0.3, 0.4) is 0 Å². The molecule has 7 heteroatoms. The van der Waals surface area contributed by atoms with E-state index in [1.807, 2.05) is 40.9 Å². The first-order valence-electron chi connectivity index (χ1n) is 9.43. The maximum absolute atomic E-state index is 12.4. The lowest BCUT2D eigenvalue weighted by Gasteiger charge is -2.36. The molecule has 0 spiro atoms. The van der Waals surface area contributed by atoms with Crippen LogP contribution in [0.25, 0.3) is 0 Å². The minimum atomic E-state index is 0.178. The standard InChI is InChI=1S/C19H26N6O/c1-16-20-17(23-8-4-5-9-23)14-18(21-16)24-10-12-25(13-11-24)19(26)15-22-6-2-3-7-22/h2-3,6-7,14H,4-5,8-13,15H2,1H3. The highest BCUT2D eigenvalue weighted by Crippen LogP contribution is 2.23. The molecule has 2 aromatic heterocycles. The fourth-order valence-electron chi connectivity index (χ4n) is 3.72. The SMILES string of the molecule is Cc1nc(N2CCCC2)cc(N2CCN(C(=O)Cn3cccc3)CC2)n1. The summed E-state index contributed by atoms with van der Waals surface area (Å²) in [5.41, 5.74) is 0. The van der Waals surface area contributed by atoms with Crippen molar-refractivity contribution in [3.63, 3.8) is 0 Å². The minimum Gasteiger partial charge on any atom is -0.356 e. The summed E-state index contributed by atoms with van der Waals surface area (Å²) in [6, 6.07) is 6.00. The summed E-state index contributed by atoms with van der Waals surface area (Å²) >= 11 is 0. The Morgan fingerprint density at radius 2 is 1.50 bits per heavy atom.